The molecule has 0 heterocycles. The van der Waals surface area contributed by atoms with Crippen LogP contribution in [0.5, 0.6) is 11.5 Å². The van der Waals surface area contributed by atoms with Crippen LogP contribution in [0, 0.1) is 23.1 Å². The van der Waals surface area contributed by atoms with Crippen LogP contribution >= 0.6 is 0 Å². The highest BCUT2D eigenvalue weighted by molar-refractivity contribution is 7.88. The van der Waals surface area contributed by atoms with Gasteiger partial charge in [0.15, 0.2) is 24.2 Å². The molecule has 0 saturated carbocycles. The predicted molar refractivity (Wildman–Crippen MR) is 130 cm³/mol. The summed E-state index contributed by atoms with van der Waals surface area (Å²) in [6.07, 6.45) is 0. The fraction of sp³-hybridized carbons (Fsp3) is 0.500. The quantitative estimate of drug-likeness (QED) is 0.0891. The second-order valence-electron chi connectivity index (χ2n) is 9.25. The molecule has 5 nitrogen and oxygen atoms in total. The number of methoxy groups -OCH3 is 1. The van der Waals surface area contributed by atoms with E-state index in [0.29, 0.717) is 6.07 Å². The van der Waals surface area contributed by atoms with Crippen LogP contribution in [-0.2, 0) is 14.9 Å². The summed E-state index contributed by atoms with van der Waals surface area (Å²) in [5.41, 5.74) is -2.83. The molecular weight excluding hydrogens is 523 g/mol. The molecular formula is C24H29F5O5SSi. The molecule has 2 rings (SSSR count). The zero-order chi connectivity index (χ0) is 27.6. The van der Waals surface area contributed by atoms with Crippen LogP contribution in [-0.4, -0.2) is 35.9 Å². The molecule has 2 aromatic carbocycles. The highest BCUT2D eigenvalue weighted by Gasteiger charge is 2.49. The molecule has 0 radical (unpaired) electrons. The molecule has 200 valence electrons. The summed E-state index contributed by atoms with van der Waals surface area (Å²) in [7, 11) is -7.36. The van der Waals surface area contributed by atoms with Gasteiger partial charge in [0.1, 0.15) is 13.8 Å². The Hall–Kier alpha value is -2.36. The van der Waals surface area contributed by atoms with E-state index in [0.717, 1.165) is 6.07 Å². The minimum absolute atomic E-state index is 0.114. The largest absolute Gasteiger partial charge is 0.534 e. The Bertz CT molecular complexity index is 1260. The number of alkyl halides is 3. The van der Waals surface area contributed by atoms with Crippen molar-refractivity contribution in [2.24, 2.45) is 0 Å². The average Bonchev–Trinajstić information content (AvgIpc) is 2.73. The van der Waals surface area contributed by atoms with Crippen LogP contribution < -0.4 is 8.92 Å². The molecule has 0 atom stereocenters. The lowest BCUT2D eigenvalue weighted by Gasteiger charge is -2.38. The lowest BCUT2D eigenvalue weighted by molar-refractivity contribution is -0.0499. The van der Waals surface area contributed by atoms with Gasteiger partial charge < -0.3 is 13.7 Å². The minimum Gasteiger partial charge on any atom is -0.467 e. The normalized spacial score (nSPS) is 12.9. The number of halogens is 5. The first-order valence-electron chi connectivity index (χ1n) is 11.1. The standard InChI is InChI=1S/C24H29F5O5SSi/c1-14(2)36(15(3)4,16(5)6)9-8-19-22-17(11-20(25)23(19)26)10-18(33-13-32-7)12-21(22)34-35(30,31)24(27,28)29/h10-12,14-16H,13H2,1-7H3. The van der Waals surface area contributed by atoms with Crippen LogP contribution in [0.15, 0.2) is 18.2 Å². The van der Waals surface area contributed by atoms with Crippen molar-refractivity contribution in [3.8, 4) is 23.0 Å². The number of fused-ring (bicyclic) bond motifs is 1. The lowest BCUT2D eigenvalue weighted by Crippen LogP contribution is -2.43. The summed E-state index contributed by atoms with van der Waals surface area (Å²) in [5, 5.41) is -0.580. The monoisotopic (exact) mass is 552 g/mol. The van der Waals surface area contributed by atoms with Crippen LogP contribution in [0.2, 0.25) is 16.6 Å². The first-order valence-corrected chi connectivity index (χ1v) is 14.7. The second kappa shape index (κ2) is 10.9. The fourth-order valence-electron chi connectivity index (χ4n) is 4.58. The summed E-state index contributed by atoms with van der Waals surface area (Å²) in [4.78, 5) is 0. The summed E-state index contributed by atoms with van der Waals surface area (Å²) < 4.78 is 107. The summed E-state index contributed by atoms with van der Waals surface area (Å²) >= 11 is 0. The molecule has 2 aromatic rings. The Morgan fingerprint density at radius 1 is 0.972 bits per heavy atom. The molecule has 0 N–H and O–H groups in total. The van der Waals surface area contributed by atoms with E-state index in [1.165, 1.54) is 13.2 Å². The zero-order valence-corrected chi connectivity index (χ0v) is 22.8. The van der Waals surface area contributed by atoms with E-state index < -0.39 is 52.0 Å². The van der Waals surface area contributed by atoms with Gasteiger partial charge in [-0.25, -0.2) is 8.78 Å². The van der Waals surface area contributed by atoms with E-state index in [2.05, 4.69) is 15.6 Å². The topological polar surface area (TPSA) is 61.8 Å². The van der Waals surface area contributed by atoms with Gasteiger partial charge in [0.25, 0.3) is 0 Å². The Morgan fingerprint density at radius 3 is 2.00 bits per heavy atom. The van der Waals surface area contributed by atoms with E-state index in [-0.39, 0.29) is 34.6 Å². The zero-order valence-electron chi connectivity index (χ0n) is 21.0. The fourth-order valence-corrected chi connectivity index (χ4v) is 10.3. The van der Waals surface area contributed by atoms with E-state index in [1.54, 1.807) is 0 Å². The van der Waals surface area contributed by atoms with Gasteiger partial charge in [-0.1, -0.05) is 47.5 Å². The summed E-state index contributed by atoms with van der Waals surface area (Å²) in [6.45, 7) is 11.6. The highest BCUT2D eigenvalue weighted by atomic mass is 32.2. The third-order valence-corrected chi connectivity index (χ3v) is 13.4. The minimum atomic E-state index is -6.15. The molecule has 0 aromatic heterocycles. The van der Waals surface area contributed by atoms with Crippen molar-refractivity contribution < 1.29 is 44.0 Å². The first kappa shape index (κ1) is 29.9. The Kier molecular flexibility index (Phi) is 9.08. The van der Waals surface area contributed by atoms with Gasteiger partial charge >= 0.3 is 15.6 Å². The molecule has 0 aliphatic carbocycles. The second-order valence-corrected chi connectivity index (χ2v) is 16.4. The maximum absolute atomic E-state index is 15.1. The van der Waals surface area contributed by atoms with Gasteiger partial charge in [0.05, 0.1) is 5.56 Å². The van der Waals surface area contributed by atoms with Crippen LogP contribution in [0.3, 0.4) is 0 Å². The third-order valence-electron chi connectivity index (χ3n) is 6.16. The van der Waals surface area contributed by atoms with Crippen molar-refractivity contribution in [3.05, 3.63) is 35.4 Å². The average molecular weight is 553 g/mol. The maximum atomic E-state index is 15.1. The first-order chi connectivity index (χ1) is 16.5. The van der Waals surface area contributed by atoms with Crippen LogP contribution in [0.1, 0.15) is 47.1 Å². The number of ether oxygens (including phenoxy) is 2. The number of rotatable bonds is 8. The lowest BCUT2D eigenvalue weighted by atomic mass is 10.0. The number of hydrogen-bond acceptors (Lipinski definition) is 5. The SMILES string of the molecule is COCOc1cc(OS(=O)(=O)C(F)(F)F)c2c(C#C[Si](C(C)C)(C(C)C)C(C)C)c(F)c(F)cc2c1. The number of hydrogen-bond donors (Lipinski definition) is 0. The molecule has 0 bridgehead atoms. The van der Waals surface area contributed by atoms with Crippen molar-refractivity contribution in [1.29, 1.82) is 0 Å². The van der Waals surface area contributed by atoms with Gasteiger partial charge in [-0.2, -0.15) is 21.6 Å². The molecule has 0 spiro atoms. The number of benzene rings is 2. The molecule has 12 heteroatoms. The molecule has 0 fully saturated rings. The van der Waals surface area contributed by atoms with E-state index in [4.69, 9.17) is 9.47 Å². The van der Waals surface area contributed by atoms with Crippen LogP contribution in [0.25, 0.3) is 10.8 Å². The smallest absolute Gasteiger partial charge is 0.467 e. The van der Waals surface area contributed by atoms with Gasteiger partial charge in [-0.15, -0.1) is 5.54 Å². The van der Waals surface area contributed by atoms with Crippen LogP contribution in [0.4, 0.5) is 22.0 Å². The Morgan fingerprint density at radius 2 is 1.53 bits per heavy atom. The molecule has 0 saturated heterocycles. The Balaban J connectivity index is 2.99. The molecule has 0 amide bonds. The maximum Gasteiger partial charge on any atom is 0.534 e. The molecule has 0 unspecified atom stereocenters. The molecule has 0 aliphatic heterocycles. The predicted octanol–water partition coefficient (Wildman–Crippen LogP) is 6.90. The van der Waals surface area contributed by atoms with Crippen molar-refractivity contribution in [3.63, 3.8) is 0 Å². The van der Waals surface area contributed by atoms with Crippen molar-refractivity contribution in [2.45, 2.75) is 63.7 Å². The van der Waals surface area contributed by atoms with Crippen molar-refractivity contribution in [2.75, 3.05) is 13.9 Å². The molecule has 0 aliphatic rings. The van der Waals surface area contributed by atoms with Gasteiger partial charge in [0, 0.05) is 18.6 Å². The van der Waals surface area contributed by atoms with Gasteiger partial charge in [-0.3, -0.25) is 0 Å². The van der Waals surface area contributed by atoms with E-state index >= 15 is 4.39 Å². The summed E-state index contributed by atoms with van der Waals surface area (Å²) in [5.74, 6) is -1.13. The van der Waals surface area contributed by atoms with E-state index in [9.17, 15) is 26.0 Å². The molecule has 36 heavy (non-hydrogen) atoms. The van der Waals surface area contributed by atoms with E-state index in [1.807, 2.05) is 41.5 Å². The van der Waals surface area contributed by atoms with Gasteiger partial charge in [-0.05, 0) is 34.1 Å². The van der Waals surface area contributed by atoms with Gasteiger partial charge in [0.2, 0.25) is 0 Å². The summed E-state index contributed by atoms with van der Waals surface area (Å²) in [6, 6.07) is 2.75. The van der Waals surface area contributed by atoms with Crippen molar-refractivity contribution in [1.82, 2.24) is 0 Å². The Labute approximate surface area is 209 Å². The van der Waals surface area contributed by atoms with Crippen molar-refractivity contribution >= 4 is 29.0 Å². The highest BCUT2D eigenvalue weighted by Crippen LogP contribution is 2.42. The third kappa shape index (κ3) is 5.79.